The van der Waals surface area contributed by atoms with Crippen molar-refractivity contribution < 1.29 is 29.6 Å². The number of nitrogens with two attached hydrogens (primary N) is 2. The summed E-state index contributed by atoms with van der Waals surface area (Å²) in [5, 5.41) is 20.0. The molecule has 0 aliphatic heterocycles. The van der Waals surface area contributed by atoms with Crippen LogP contribution in [0.5, 0.6) is 0 Å². The fourth-order valence-electron chi connectivity index (χ4n) is 1.87. The van der Waals surface area contributed by atoms with Crippen molar-refractivity contribution in [2.45, 2.75) is 38.3 Å². The van der Waals surface area contributed by atoms with E-state index in [4.69, 9.17) is 21.8 Å². The van der Waals surface area contributed by atoms with Crippen LogP contribution in [0, 0.1) is 5.92 Å². The summed E-state index contributed by atoms with van der Waals surface area (Å²) in [5.41, 5.74) is 10.6. The predicted octanol–water partition coefficient (Wildman–Crippen LogP) is -0.612. The van der Waals surface area contributed by atoms with Crippen LogP contribution in [0.2, 0.25) is 0 Å². The normalized spacial score (nSPS) is 14.2. The zero-order valence-electron chi connectivity index (χ0n) is 14.3. The Morgan fingerprint density at radius 3 is 2.48 bits per heavy atom. The molecule has 10 heteroatoms. The van der Waals surface area contributed by atoms with Gasteiger partial charge in [0.05, 0.1) is 24.3 Å². The minimum atomic E-state index is -1.13. The number of carbonyl (C=O) groups is 3. The zero-order valence-corrected chi connectivity index (χ0v) is 15.1. The van der Waals surface area contributed by atoms with Crippen LogP contribution < -0.4 is 16.8 Å². The lowest BCUT2D eigenvalue weighted by Gasteiger charge is -2.21. The van der Waals surface area contributed by atoms with E-state index in [1.807, 2.05) is 0 Å². The molecule has 144 valence electrons. The number of hydrogen-bond acceptors (Lipinski definition) is 8. The van der Waals surface area contributed by atoms with Crippen molar-refractivity contribution in [2.24, 2.45) is 17.4 Å². The maximum Gasteiger partial charge on any atom is 0.238 e. The molecule has 7 N–H and O–H groups in total. The average molecular weight is 377 g/mol. The number of rotatable bonds is 14. The van der Waals surface area contributed by atoms with Gasteiger partial charge in [-0.25, -0.2) is 5.26 Å². The first-order chi connectivity index (χ1) is 11.7. The molecule has 0 saturated carbocycles. The molecule has 0 aromatic carbocycles. The number of nitrogens with one attached hydrogen (secondary N) is 1. The molecule has 0 aliphatic rings. The maximum atomic E-state index is 12.3. The Bertz CT molecular complexity index is 474. The van der Waals surface area contributed by atoms with Gasteiger partial charge in [-0.05, 0) is 18.1 Å². The van der Waals surface area contributed by atoms with Gasteiger partial charge in [-0.1, -0.05) is 13.5 Å². The summed E-state index contributed by atoms with van der Waals surface area (Å²) in [4.78, 5) is 39.2. The minimum absolute atomic E-state index is 0.101. The largest absolute Gasteiger partial charge is 0.396 e. The van der Waals surface area contributed by atoms with Gasteiger partial charge in [0.25, 0.3) is 0 Å². The summed E-state index contributed by atoms with van der Waals surface area (Å²) in [5.74, 6) is -0.828. The van der Waals surface area contributed by atoms with E-state index in [1.165, 1.54) is 11.8 Å². The van der Waals surface area contributed by atoms with E-state index in [0.29, 0.717) is 17.9 Å². The molecular formula is C15H27N3O6S. The maximum absolute atomic E-state index is 12.3. The van der Waals surface area contributed by atoms with Crippen LogP contribution in [0.4, 0.5) is 0 Å². The quantitative estimate of drug-likeness (QED) is 0.116. The Labute approximate surface area is 151 Å². The van der Waals surface area contributed by atoms with Gasteiger partial charge in [0.1, 0.15) is 5.76 Å². The lowest BCUT2D eigenvalue weighted by atomic mass is 9.99. The Hall–Kier alpha value is -1.62. The summed E-state index contributed by atoms with van der Waals surface area (Å²) in [7, 11) is 0. The van der Waals surface area contributed by atoms with Crippen molar-refractivity contribution >= 4 is 29.4 Å². The molecule has 0 saturated heterocycles. The first-order valence-corrected chi connectivity index (χ1v) is 8.91. The molecule has 3 unspecified atom stereocenters. The number of carbonyl (C=O) groups excluding carboxylic acids is 3. The Morgan fingerprint density at radius 2 is 1.96 bits per heavy atom. The number of aliphatic hydroxyl groups excluding tert-OH is 1. The van der Waals surface area contributed by atoms with Gasteiger partial charge in [-0.3, -0.25) is 14.4 Å². The molecule has 0 aliphatic carbocycles. The third kappa shape index (κ3) is 10.8. The predicted molar refractivity (Wildman–Crippen MR) is 94.4 cm³/mol. The smallest absolute Gasteiger partial charge is 0.238 e. The molecule has 0 rings (SSSR count). The van der Waals surface area contributed by atoms with Crippen molar-refractivity contribution in [2.75, 3.05) is 18.1 Å². The highest BCUT2D eigenvalue weighted by Crippen LogP contribution is 2.13. The highest BCUT2D eigenvalue weighted by atomic mass is 32.2. The van der Waals surface area contributed by atoms with Crippen LogP contribution in [0.3, 0.4) is 0 Å². The van der Waals surface area contributed by atoms with Crippen molar-refractivity contribution in [3.63, 3.8) is 0 Å². The summed E-state index contributed by atoms with van der Waals surface area (Å²) in [6.45, 7) is 5.03. The summed E-state index contributed by atoms with van der Waals surface area (Å²) in [6, 6.07) is -1.92. The molecule has 0 aromatic heterocycles. The van der Waals surface area contributed by atoms with Crippen LogP contribution in [-0.2, 0) is 19.3 Å². The van der Waals surface area contributed by atoms with Crippen molar-refractivity contribution in [3.05, 3.63) is 12.3 Å². The van der Waals surface area contributed by atoms with Crippen LogP contribution in [-0.4, -0.2) is 58.2 Å². The standard InChI is InChI=1S/C15H27N3O6S/c1-9(7-19)5-13(20)12(3-4-25-8-10(2)24-23)18-15(22)11(16)6-14(17)21/h9,11-12,19,23H,2-8,16H2,1H3,(H2,17,21)(H,18,22). The molecule has 2 amide bonds. The lowest BCUT2D eigenvalue weighted by Crippen LogP contribution is -2.50. The van der Waals surface area contributed by atoms with E-state index in [9.17, 15) is 14.4 Å². The molecule has 9 nitrogen and oxygen atoms in total. The third-order valence-electron chi connectivity index (χ3n) is 3.27. The molecule has 0 fully saturated rings. The molecule has 25 heavy (non-hydrogen) atoms. The zero-order chi connectivity index (χ0) is 19.4. The van der Waals surface area contributed by atoms with Gasteiger partial charge in [-0.2, -0.15) is 11.8 Å². The summed E-state index contributed by atoms with van der Waals surface area (Å²) in [6.07, 6.45) is 0.0984. The van der Waals surface area contributed by atoms with Crippen LogP contribution in [0.25, 0.3) is 0 Å². The Balaban J connectivity index is 4.71. The van der Waals surface area contributed by atoms with E-state index in [1.54, 1.807) is 6.92 Å². The molecule has 0 radical (unpaired) electrons. The van der Waals surface area contributed by atoms with Gasteiger partial charge < -0.3 is 26.8 Å². The molecular weight excluding hydrogens is 350 g/mol. The van der Waals surface area contributed by atoms with E-state index >= 15 is 0 Å². The second kappa shape index (κ2) is 12.7. The number of thioether (sulfide) groups is 1. The van der Waals surface area contributed by atoms with E-state index in [0.717, 1.165) is 0 Å². The third-order valence-corrected chi connectivity index (χ3v) is 4.32. The number of primary amides is 1. The van der Waals surface area contributed by atoms with Gasteiger partial charge in [0.2, 0.25) is 11.8 Å². The van der Waals surface area contributed by atoms with Crippen LogP contribution in [0.15, 0.2) is 12.3 Å². The second-order valence-electron chi connectivity index (χ2n) is 5.77. The first kappa shape index (κ1) is 23.4. The number of Topliss-reactive ketones (excluding diaryl/α,β-unsaturated/α-hetero) is 1. The highest BCUT2D eigenvalue weighted by Gasteiger charge is 2.25. The van der Waals surface area contributed by atoms with Crippen LogP contribution >= 0.6 is 11.8 Å². The van der Waals surface area contributed by atoms with Crippen molar-refractivity contribution in [1.29, 1.82) is 0 Å². The number of ketones is 1. The van der Waals surface area contributed by atoms with Gasteiger partial charge >= 0.3 is 0 Å². The minimum Gasteiger partial charge on any atom is -0.396 e. The number of amides is 2. The molecule has 3 atom stereocenters. The SMILES string of the molecule is C=C(CSCCC(NC(=O)C(N)CC(N)=O)C(=O)CC(C)CO)OO. The average Bonchev–Trinajstić information content (AvgIpc) is 2.55. The van der Waals surface area contributed by atoms with E-state index < -0.39 is 23.9 Å². The van der Waals surface area contributed by atoms with Gasteiger partial charge in [0.15, 0.2) is 5.78 Å². The van der Waals surface area contributed by atoms with Gasteiger partial charge in [0, 0.05) is 13.0 Å². The molecule has 0 bridgehead atoms. The topological polar surface area (TPSA) is 165 Å². The van der Waals surface area contributed by atoms with Crippen LogP contribution in [0.1, 0.15) is 26.2 Å². The summed E-state index contributed by atoms with van der Waals surface area (Å²) < 4.78 is 0. The highest BCUT2D eigenvalue weighted by molar-refractivity contribution is 7.99. The number of hydrogen-bond donors (Lipinski definition) is 5. The molecule has 0 aromatic rings. The van der Waals surface area contributed by atoms with Crippen molar-refractivity contribution in [1.82, 2.24) is 5.32 Å². The monoisotopic (exact) mass is 377 g/mol. The fourth-order valence-corrected chi connectivity index (χ4v) is 2.69. The lowest BCUT2D eigenvalue weighted by molar-refractivity contribution is -0.201. The molecule has 0 heterocycles. The van der Waals surface area contributed by atoms with E-state index in [2.05, 4.69) is 16.8 Å². The first-order valence-electron chi connectivity index (χ1n) is 7.76. The summed E-state index contributed by atoms with van der Waals surface area (Å²) >= 11 is 1.36. The second-order valence-corrected chi connectivity index (χ2v) is 6.87. The van der Waals surface area contributed by atoms with Crippen molar-refractivity contribution in [3.8, 4) is 0 Å². The Morgan fingerprint density at radius 1 is 1.32 bits per heavy atom. The Kier molecular flexibility index (Phi) is 11.9. The number of aliphatic hydroxyl groups is 1. The van der Waals surface area contributed by atoms with Gasteiger partial charge in [-0.15, -0.1) is 0 Å². The van der Waals surface area contributed by atoms with E-state index in [-0.39, 0.29) is 36.9 Å². The molecule has 0 spiro atoms. The fraction of sp³-hybridized carbons (Fsp3) is 0.667.